The van der Waals surface area contributed by atoms with Gasteiger partial charge >= 0.3 is 0 Å². The predicted molar refractivity (Wildman–Crippen MR) is 106 cm³/mol. The van der Waals surface area contributed by atoms with E-state index in [0.29, 0.717) is 23.9 Å². The Bertz CT molecular complexity index is 702. The van der Waals surface area contributed by atoms with Crippen LogP contribution in [0.2, 0.25) is 0 Å². The molecule has 1 fully saturated rings. The number of ether oxygens (including phenoxy) is 1. The highest BCUT2D eigenvalue weighted by molar-refractivity contribution is 5.92. The molecule has 1 aliphatic rings. The topological polar surface area (TPSA) is 41.6 Å². The molecule has 2 aromatic carbocycles. The van der Waals surface area contributed by atoms with Gasteiger partial charge in [0, 0.05) is 19.0 Å². The second kappa shape index (κ2) is 9.39. The minimum Gasteiger partial charge on any atom is -0.455 e. The Morgan fingerprint density at radius 2 is 1.88 bits per heavy atom. The molecule has 1 heterocycles. The van der Waals surface area contributed by atoms with E-state index in [9.17, 15) is 4.79 Å². The zero-order valence-electron chi connectivity index (χ0n) is 15.5. The number of nitrogens with zero attached hydrogens (tertiary/aromatic N) is 1. The summed E-state index contributed by atoms with van der Waals surface area (Å²) < 4.78 is 5.91. The molecule has 0 aromatic heterocycles. The SMILES string of the molecule is CCC1CCCCN1CCC(=O)Nc1ccccc1Oc1ccccc1. The first-order valence-electron chi connectivity index (χ1n) is 9.62. The molecular weight excluding hydrogens is 324 g/mol. The van der Waals surface area contributed by atoms with E-state index in [0.717, 1.165) is 25.3 Å². The second-order valence-corrected chi connectivity index (χ2v) is 6.80. The molecule has 0 saturated carbocycles. The molecule has 4 heteroatoms. The van der Waals surface area contributed by atoms with Crippen molar-refractivity contribution in [2.75, 3.05) is 18.4 Å². The van der Waals surface area contributed by atoms with Crippen LogP contribution in [0.1, 0.15) is 39.0 Å². The van der Waals surface area contributed by atoms with Gasteiger partial charge in [0.05, 0.1) is 5.69 Å². The summed E-state index contributed by atoms with van der Waals surface area (Å²) in [5, 5.41) is 3.01. The average molecular weight is 352 g/mol. The number of para-hydroxylation sites is 3. The lowest BCUT2D eigenvalue weighted by atomic mass is 10.00. The number of hydrogen-bond donors (Lipinski definition) is 1. The van der Waals surface area contributed by atoms with E-state index in [1.54, 1.807) is 0 Å². The summed E-state index contributed by atoms with van der Waals surface area (Å²) in [6.45, 7) is 4.17. The summed E-state index contributed by atoms with van der Waals surface area (Å²) in [5.74, 6) is 1.46. The lowest BCUT2D eigenvalue weighted by Gasteiger charge is -2.35. The number of likely N-dealkylation sites (tertiary alicyclic amines) is 1. The van der Waals surface area contributed by atoms with Crippen LogP contribution in [-0.4, -0.2) is 29.9 Å². The maximum absolute atomic E-state index is 12.5. The van der Waals surface area contributed by atoms with Gasteiger partial charge in [-0.15, -0.1) is 0 Å². The summed E-state index contributed by atoms with van der Waals surface area (Å²) in [6, 6.07) is 17.8. The summed E-state index contributed by atoms with van der Waals surface area (Å²) in [7, 11) is 0. The van der Waals surface area contributed by atoms with Crippen molar-refractivity contribution in [2.45, 2.75) is 45.1 Å². The van der Waals surface area contributed by atoms with Gasteiger partial charge in [-0.05, 0) is 50.1 Å². The van der Waals surface area contributed by atoms with Crippen LogP contribution in [0, 0.1) is 0 Å². The number of benzene rings is 2. The molecule has 1 aliphatic heterocycles. The number of anilines is 1. The Morgan fingerprint density at radius 3 is 2.69 bits per heavy atom. The minimum atomic E-state index is 0.0366. The smallest absolute Gasteiger partial charge is 0.225 e. The number of hydrogen-bond acceptors (Lipinski definition) is 3. The van der Waals surface area contributed by atoms with Crippen LogP contribution in [0.3, 0.4) is 0 Å². The fourth-order valence-corrected chi connectivity index (χ4v) is 3.55. The molecule has 1 atom stereocenters. The van der Waals surface area contributed by atoms with Gasteiger partial charge < -0.3 is 10.1 Å². The molecule has 0 aliphatic carbocycles. The highest BCUT2D eigenvalue weighted by Gasteiger charge is 2.21. The van der Waals surface area contributed by atoms with Crippen LogP contribution >= 0.6 is 0 Å². The van der Waals surface area contributed by atoms with Crippen molar-refractivity contribution in [3.05, 3.63) is 54.6 Å². The molecule has 0 radical (unpaired) electrons. The first-order valence-corrected chi connectivity index (χ1v) is 9.62. The van der Waals surface area contributed by atoms with E-state index in [2.05, 4.69) is 17.1 Å². The van der Waals surface area contributed by atoms with Gasteiger partial charge in [0.1, 0.15) is 5.75 Å². The Labute approximate surface area is 156 Å². The lowest BCUT2D eigenvalue weighted by molar-refractivity contribution is -0.116. The van der Waals surface area contributed by atoms with Crippen molar-refractivity contribution in [1.82, 2.24) is 4.90 Å². The molecule has 2 aromatic rings. The number of carbonyl (C=O) groups is 1. The normalized spacial score (nSPS) is 17.7. The molecule has 138 valence electrons. The number of rotatable bonds is 7. The van der Waals surface area contributed by atoms with E-state index in [-0.39, 0.29) is 5.91 Å². The van der Waals surface area contributed by atoms with Gasteiger partial charge in [-0.1, -0.05) is 43.7 Å². The van der Waals surface area contributed by atoms with Gasteiger partial charge in [0.25, 0.3) is 0 Å². The fraction of sp³-hybridized carbons (Fsp3) is 0.409. The Morgan fingerprint density at radius 1 is 1.12 bits per heavy atom. The minimum absolute atomic E-state index is 0.0366. The quantitative estimate of drug-likeness (QED) is 0.756. The summed E-state index contributed by atoms with van der Waals surface area (Å²) >= 11 is 0. The Balaban J connectivity index is 1.57. The van der Waals surface area contributed by atoms with Gasteiger partial charge in [-0.3, -0.25) is 9.69 Å². The number of amides is 1. The summed E-state index contributed by atoms with van der Waals surface area (Å²) in [4.78, 5) is 14.9. The van der Waals surface area contributed by atoms with Gasteiger partial charge in [-0.2, -0.15) is 0 Å². The molecule has 0 bridgehead atoms. The third-order valence-corrected chi connectivity index (χ3v) is 4.98. The van der Waals surface area contributed by atoms with Crippen molar-refractivity contribution in [3.63, 3.8) is 0 Å². The van der Waals surface area contributed by atoms with Crippen LogP contribution < -0.4 is 10.1 Å². The molecule has 1 unspecified atom stereocenters. The third-order valence-electron chi connectivity index (χ3n) is 4.98. The number of nitrogens with one attached hydrogen (secondary N) is 1. The Hall–Kier alpha value is -2.33. The van der Waals surface area contributed by atoms with Gasteiger partial charge in [0.15, 0.2) is 5.75 Å². The van der Waals surface area contributed by atoms with Crippen LogP contribution in [0.5, 0.6) is 11.5 Å². The van der Waals surface area contributed by atoms with Gasteiger partial charge in [-0.25, -0.2) is 0 Å². The van der Waals surface area contributed by atoms with Crippen LogP contribution in [0.4, 0.5) is 5.69 Å². The van der Waals surface area contributed by atoms with E-state index >= 15 is 0 Å². The van der Waals surface area contributed by atoms with Crippen molar-refractivity contribution >= 4 is 11.6 Å². The molecule has 0 spiro atoms. The number of piperidine rings is 1. The van der Waals surface area contributed by atoms with E-state index in [1.165, 1.54) is 19.3 Å². The Kier molecular flexibility index (Phi) is 6.67. The van der Waals surface area contributed by atoms with Crippen LogP contribution in [-0.2, 0) is 4.79 Å². The van der Waals surface area contributed by atoms with Crippen LogP contribution in [0.15, 0.2) is 54.6 Å². The zero-order chi connectivity index (χ0) is 18.2. The molecule has 3 rings (SSSR count). The monoisotopic (exact) mass is 352 g/mol. The van der Waals surface area contributed by atoms with Crippen molar-refractivity contribution in [1.29, 1.82) is 0 Å². The van der Waals surface area contributed by atoms with E-state index < -0.39 is 0 Å². The molecule has 1 saturated heterocycles. The first kappa shape index (κ1) is 18.5. The highest BCUT2D eigenvalue weighted by atomic mass is 16.5. The fourth-order valence-electron chi connectivity index (χ4n) is 3.55. The summed E-state index contributed by atoms with van der Waals surface area (Å²) in [5.41, 5.74) is 0.715. The predicted octanol–water partition coefficient (Wildman–Crippen LogP) is 5.07. The molecule has 1 amide bonds. The summed E-state index contributed by atoms with van der Waals surface area (Å²) in [6.07, 6.45) is 5.48. The lowest BCUT2D eigenvalue weighted by Crippen LogP contribution is -2.40. The standard InChI is InChI=1S/C22H28N2O2/c1-2-18-10-8-9-16-24(18)17-15-22(25)23-20-13-6-7-14-21(20)26-19-11-4-3-5-12-19/h3-7,11-14,18H,2,8-10,15-17H2,1H3,(H,23,25). The maximum atomic E-state index is 12.5. The maximum Gasteiger partial charge on any atom is 0.225 e. The van der Waals surface area contributed by atoms with Crippen molar-refractivity contribution in [2.24, 2.45) is 0 Å². The van der Waals surface area contributed by atoms with Crippen molar-refractivity contribution in [3.8, 4) is 11.5 Å². The van der Waals surface area contributed by atoms with Crippen LogP contribution in [0.25, 0.3) is 0 Å². The molecular formula is C22H28N2O2. The average Bonchev–Trinajstić information content (AvgIpc) is 2.69. The van der Waals surface area contributed by atoms with Gasteiger partial charge in [0.2, 0.25) is 5.91 Å². The molecule has 26 heavy (non-hydrogen) atoms. The van der Waals surface area contributed by atoms with E-state index in [1.807, 2.05) is 54.6 Å². The number of carbonyl (C=O) groups excluding carboxylic acids is 1. The third kappa shape index (κ3) is 5.09. The zero-order valence-corrected chi connectivity index (χ0v) is 15.5. The highest BCUT2D eigenvalue weighted by Crippen LogP contribution is 2.29. The molecule has 4 nitrogen and oxygen atoms in total. The first-order chi connectivity index (χ1) is 12.8. The van der Waals surface area contributed by atoms with E-state index in [4.69, 9.17) is 4.74 Å². The second-order valence-electron chi connectivity index (χ2n) is 6.80. The largest absolute Gasteiger partial charge is 0.455 e. The van der Waals surface area contributed by atoms with Crippen molar-refractivity contribution < 1.29 is 9.53 Å². The molecule has 1 N–H and O–H groups in total.